The molecule has 0 spiro atoms. The first-order chi connectivity index (χ1) is 54.6. The molecule has 0 amide bonds. The van der Waals surface area contributed by atoms with Crippen LogP contribution >= 0.6 is 22.7 Å². The summed E-state index contributed by atoms with van der Waals surface area (Å²) in [5.74, 6) is 0. The summed E-state index contributed by atoms with van der Waals surface area (Å²) in [7, 11) is 0. The van der Waals surface area contributed by atoms with Gasteiger partial charge in [0.25, 0.3) is 13.4 Å². The summed E-state index contributed by atoms with van der Waals surface area (Å²) in [6, 6.07) is 27.7. The van der Waals surface area contributed by atoms with E-state index in [1.807, 2.05) is 41.5 Å². The van der Waals surface area contributed by atoms with Crippen molar-refractivity contribution >= 4 is 136 Å². The number of aryl methyl sites for hydroxylation is 1. The second-order valence-corrected chi connectivity index (χ2v) is 42.4. The third-order valence-corrected chi connectivity index (χ3v) is 26.9. The van der Waals surface area contributed by atoms with Gasteiger partial charge in [0.2, 0.25) is 0 Å². The van der Waals surface area contributed by atoms with E-state index in [2.05, 4.69) is 225 Å². The number of fused-ring (bicyclic) bond motifs is 12. The monoisotopic (exact) mass is 1470 g/mol. The van der Waals surface area contributed by atoms with Gasteiger partial charge in [0, 0.05) is 76.2 Å². The highest BCUT2D eigenvalue weighted by Crippen LogP contribution is 2.59. The van der Waals surface area contributed by atoms with Crippen molar-refractivity contribution in [2.75, 3.05) is 19.6 Å². The molecule has 8 heteroatoms. The smallest absolute Gasteiger partial charge is 0.264 e. The number of hydrogen-bond donors (Lipinski definition) is 0. The summed E-state index contributed by atoms with van der Waals surface area (Å²) in [6.45, 7) is 59.1. The molecule has 0 saturated heterocycles. The van der Waals surface area contributed by atoms with Crippen LogP contribution in [0.1, 0.15) is 296 Å². The van der Waals surface area contributed by atoms with E-state index in [0.717, 1.165) is 23.3 Å². The fourth-order valence-corrected chi connectivity index (χ4v) is 20.5. The van der Waals surface area contributed by atoms with Gasteiger partial charge < -0.3 is 19.6 Å². The number of rotatable bonds is 4. The van der Waals surface area contributed by atoms with Crippen LogP contribution in [0.2, 0.25) is 0 Å². The van der Waals surface area contributed by atoms with E-state index in [-0.39, 0.29) is 169 Å². The molecule has 0 radical (unpaired) electrons. The van der Waals surface area contributed by atoms with E-state index in [0.29, 0.717) is 10.5 Å². The Balaban J connectivity index is 0.000000199. The molecule has 10 aromatic rings. The van der Waals surface area contributed by atoms with Gasteiger partial charge in [-0.1, -0.05) is 260 Å². The summed E-state index contributed by atoms with van der Waals surface area (Å²) in [6.07, 6.45) is 3.98. The number of thiophene rings is 2. The molecule has 4 aliphatic heterocycles. The highest BCUT2D eigenvalue weighted by Gasteiger charge is 2.54. The van der Waals surface area contributed by atoms with Crippen LogP contribution in [0.5, 0.6) is 0 Å². The molecule has 0 atom stereocenters. The zero-order chi connectivity index (χ0) is 87.7. The van der Waals surface area contributed by atoms with Crippen molar-refractivity contribution in [2.45, 2.75) is 281 Å². The lowest BCUT2D eigenvalue weighted by Crippen LogP contribution is -2.61. The molecule has 16 rings (SSSR count). The first-order valence-electron chi connectivity index (χ1n) is 45.2. The maximum absolute atomic E-state index is 10.3. The third-order valence-electron chi connectivity index (χ3n) is 23.7. The van der Waals surface area contributed by atoms with Crippen molar-refractivity contribution < 1.29 is 17.8 Å². The molecular formula is C99H122B2N4S2. The largest absolute Gasteiger partial charge is 0.311 e. The Morgan fingerprint density at radius 2 is 0.673 bits per heavy atom. The first kappa shape index (κ1) is 61.3. The molecule has 0 unspecified atom stereocenters. The highest BCUT2D eigenvalue weighted by molar-refractivity contribution is 7.30. The van der Waals surface area contributed by atoms with Gasteiger partial charge in [-0.2, -0.15) is 22.7 Å². The van der Waals surface area contributed by atoms with Crippen molar-refractivity contribution in [1.82, 2.24) is 0 Å². The number of benzene rings is 8. The van der Waals surface area contributed by atoms with Gasteiger partial charge in [-0.15, -0.1) is 0 Å². The minimum atomic E-state index is -0.979. The molecule has 4 nitrogen and oxygen atoms in total. The molecule has 0 fully saturated rings. The fourth-order valence-electron chi connectivity index (χ4n) is 17.1. The fraction of sp³-hybridized carbons (Fsp3) is 0.434. The van der Waals surface area contributed by atoms with E-state index in [1.165, 1.54) is 101 Å². The molecule has 0 saturated carbocycles. The van der Waals surface area contributed by atoms with Crippen LogP contribution in [0.15, 0.2) is 157 Å². The summed E-state index contributed by atoms with van der Waals surface area (Å²) in [4.78, 5) is 10.9. The molecule has 0 N–H and O–H groups in total. The standard InChI is InChI=1S/2C49H59BN2S.CH4/c2*1-30-27-38-41-39(28-30)52(35-22-17-32(18-23-35)46(5,6)7)42-40-43(49(13,14)26-25-48(40,11)12)53-44(42)50(41)36-29-33(47(8,9)10)19-24-37(36)51(38)34-20-15-31(16-21-34)45(2,3)4;/h2*15-24,27-29H,25-26H2,1-14H3;1H4/i15D,16D,17D,18D,19D,20D,21D,22D,23D,24D,27D,28D,29D;;. The van der Waals surface area contributed by atoms with Crippen LogP contribution in [0.4, 0.5) is 68.2 Å². The lowest BCUT2D eigenvalue weighted by atomic mass is 9.35. The SMILES string of the molecule is C.Cc1cc2c3c(c1)N(c1ccc(C(C)(C)C)cc1)c1c(sc4c1C(C)(C)CCC4(C)C)B3c1cc(C(C)(C)C)ccc1N2c1ccc(C(C)(C)C)cc1.[2H]c1c([2H])c(C(C)(C)C)c([2H])c([2H])c1N1c2c([2H])c([2H])c(C(C)(C)C)c([2H])c2B2c3sc4c(c3N(c3c([2H])c([2H])c(C(C)(C)C)c([2H])c3[2H])c3c([2H])c(C)c([2H])c1c32)C(C)(C)CCC4(C)C. The number of anilines is 12. The Morgan fingerprint density at radius 1 is 0.327 bits per heavy atom. The molecule has 107 heavy (non-hydrogen) atoms. The van der Waals surface area contributed by atoms with Gasteiger partial charge in [-0.3, -0.25) is 0 Å². The van der Waals surface area contributed by atoms with Crippen LogP contribution in [0.3, 0.4) is 0 Å². The maximum atomic E-state index is 10.3. The molecule has 8 aromatic carbocycles. The lowest BCUT2D eigenvalue weighted by molar-refractivity contribution is 0.339. The first-order valence-corrected chi connectivity index (χ1v) is 40.3. The normalized spacial score (nSPS) is 18.8. The van der Waals surface area contributed by atoms with Crippen molar-refractivity contribution in [3.8, 4) is 0 Å². The summed E-state index contributed by atoms with van der Waals surface area (Å²) in [5.41, 5.74) is 17.4. The number of hydrogen-bond acceptors (Lipinski definition) is 6. The average molecular weight is 1470 g/mol. The van der Waals surface area contributed by atoms with E-state index < -0.39 is 45.9 Å². The average Bonchev–Trinajstić information content (AvgIpc) is 1.34. The van der Waals surface area contributed by atoms with Gasteiger partial charge in [0.1, 0.15) is 0 Å². The van der Waals surface area contributed by atoms with E-state index in [9.17, 15) is 17.8 Å². The predicted molar refractivity (Wildman–Crippen MR) is 476 cm³/mol. The quantitative estimate of drug-likeness (QED) is 0.163. The summed E-state index contributed by atoms with van der Waals surface area (Å²) >= 11 is 3.63. The Morgan fingerprint density at radius 3 is 1.11 bits per heavy atom. The van der Waals surface area contributed by atoms with Crippen molar-refractivity contribution in [3.05, 3.63) is 223 Å². The molecule has 6 heterocycles. The van der Waals surface area contributed by atoms with Gasteiger partial charge in [0.05, 0.1) is 29.2 Å². The van der Waals surface area contributed by atoms with Crippen molar-refractivity contribution in [2.24, 2.45) is 0 Å². The van der Waals surface area contributed by atoms with Gasteiger partial charge in [0.15, 0.2) is 0 Å². The number of nitrogens with zero attached hydrogens (tertiary/aromatic N) is 4. The van der Waals surface area contributed by atoms with E-state index >= 15 is 0 Å². The zero-order valence-electron chi connectivity index (χ0n) is 81.6. The van der Waals surface area contributed by atoms with Crippen LogP contribution < -0.4 is 51.0 Å². The zero-order valence-corrected chi connectivity index (χ0v) is 70.2. The molecular weight excluding hydrogens is 1330 g/mol. The second kappa shape index (κ2) is 25.3. The summed E-state index contributed by atoms with van der Waals surface area (Å²) in [5, 5.41) is 0. The lowest BCUT2D eigenvalue weighted by Gasteiger charge is -2.45. The van der Waals surface area contributed by atoms with Crippen LogP contribution in [0, 0.1) is 13.8 Å². The molecule has 6 aliphatic rings. The Kier molecular flexibility index (Phi) is 14.5. The van der Waals surface area contributed by atoms with Gasteiger partial charge in [-0.25, -0.2) is 0 Å². The van der Waals surface area contributed by atoms with E-state index in [1.54, 1.807) is 43.0 Å². The molecule has 0 bridgehead atoms. The second-order valence-electron chi connectivity index (χ2n) is 40.3. The highest BCUT2D eigenvalue weighted by atomic mass is 32.1. The topological polar surface area (TPSA) is 13.0 Å². The Hall–Kier alpha value is -7.51. The van der Waals surface area contributed by atoms with Crippen LogP contribution in [-0.4, -0.2) is 13.4 Å². The van der Waals surface area contributed by atoms with E-state index in [4.69, 9.17) is 0 Å². The van der Waals surface area contributed by atoms with Crippen molar-refractivity contribution in [3.63, 3.8) is 0 Å². The maximum Gasteiger partial charge on any atom is 0.264 e. The Labute approximate surface area is 673 Å². The Bertz CT molecular complexity index is 5930. The minimum absolute atomic E-state index is 0. The van der Waals surface area contributed by atoms with Crippen molar-refractivity contribution in [1.29, 1.82) is 0 Å². The molecule has 2 aromatic heterocycles. The van der Waals surface area contributed by atoms with Gasteiger partial charge >= 0.3 is 0 Å². The predicted octanol–water partition coefficient (Wildman–Crippen LogP) is 25.4. The molecule has 556 valence electrons. The van der Waals surface area contributed by atoms with Crippen LogP contribution in [0.25, 0.3) is 0 Å². The summed E-state index contributed by atoms with van der Waals surface area (Å²) < 4.78 is 129. The minimum Gasteiger partial charge on any atom is -0.311 e. The van der Waals surface area contributed by atoms with Gasteiger partial charge in [-0.05, 0) is 256 Å². The third kappa shape index (κ3) is 12.7. The molecule has 2 aliphatic carbocycles. The van der Waals surface area contributed by atoms with Crippen LogP contribution in [-0.2, 0) is 54.1 Å².